The highest BCUT2D eigenvalue weighted by molar-refractivity contribution is 5.99. The summed E-state index contributed by atoms with van der Waals surface area (Å²) in [6.07, 6.45) is -4.58. The number of nitrogens with one attached hydrogen (secondary N) is 1. The minimum atomic E-state index is -4.58. The van der Waals surface area contributed by atoms with E-state index in [0.29, 0.717) is 5.82 Å². The van der Waals surface area contributed by atoms with Crippen molar-refractivity contribution in [1.82, 2.24) is 14.7 Å². The average molecular weight is 529 g/mol. The summed E-state index contributed by atoms with van der Waals surface area (Å²) in [7, 11) is 0. The van der Waals surface area contributed by atoms with Crippen LogP contribution >= 0.6 is 0 Å². The Morgan fingerprint density at radius 2 is 1.68 bits per heavy atom. The molecule has 0 saturated carbocycles. The zero-order chi connectivity index (χ0) is 28.4. The van der Waals surface area contributed by atoms with E-state index < -0.39 is 23.6 Å². The minimum absolute atomic E-state index is 0.00878. The van der Waals surface area contributed by atoms with Crippen LogP contribution in [0.4, 0.5) is 19.0 Å². The maximum Gasteiger partial charge on any atom is 0.416 e. The van der Waals surface area contributed by atoms with Crippen molar-refractivity contribution in [3.8, 4) is 5.69 Å². The van der Waals surface area contributed by atoms with E-state index in [9.17, 15) is 22.8 Å². The Hall–Kier alpha value is -3.62. The van der Waals surface area contributed by atoms with Gasteiger partial charge >= 0.3 is 6.18 Å². The van der Waals surface area contributed by atoms with Gasteiger partial charge in [-0.15, -0.1) is 0 Å². The Labute approximate surface area is 221 Å². The molecule has 3 aromatic rings. The van der Waals surface area contributed by atoms with Gasteiger partial charge in [-0.05, 0) is 55.2 Å². The average Bonchev–Trinajstić information content (AvgIpc) is 3.23. The molecule has 0 bridgehead atoms. The first-order valence-corrected chi connectivity index (χ1v) is 12.5. The molecule has 0 spiro atoms. The minimum Gasteiger partial charge on any atom is -0.329 e. The maximum absolute atomic E-state index is 13.2. The van der Waals surface area contributed by atoms with Crippen LogP contribution in [0.2, 0.25) is 0 Å². The molecule has 0 atom stereocenters. The zero-order valence-electron chi connectivity index (χ0n) is 22.9. The second-order valence-corrected chi connectivity index (χ2v) is 11.0. The lowest BCUT2D eigenvalue weighted by Gasteiger charge is -2.24. The van der Waals surface area contributed by atoms with Crippen molar-refractivity contribution < 1.29 is 22.8 Å². The smallest absolute Gasteiger partial charge is 0.329 e. The predicted molar refractivity (Wildman–Crippen MR) is 143 cm³/mol. The molecule has 1 N–H and O–H groups in total. The van der Waals surface area contributed by atoms with Crippen LogP contribution in [-0.4, -0.2) is 39.6 Å². The first-order valence-electron chi connectivity index (χ1n) is 12.5. The summed E-state index contributed by atoms with van der Waals surface area (Å²) in [4.78, 5) is 27.7. The molecule has 0 aliphatic heterocycles. The van der Waals surface area contributed by atoms with Gasteiger partial charge in [0, 0.05) is 23.6 Å². The van der Waals surface area contributed by atoms with Gasteiger partial charge in [0.15, 0.2) is 0 Å². The number of aryl methyl sites for hydroxylation is 1. The summed E-state index contributed by atoms with van der Waals surface area (Å²) in [5, 5.41) is 7.65. The van der Waals surface area contributed by atoms with Crippen LogP contribution in [0.5, 0.6) is 0 Å². The number of alkyl halides is 3. The third-order valence-corrected chi connectivity index (χ3v) is 6.19. The number of carbonyl (C=O) groups excluding carboxylic acids is 2. The van der Waals surface area contributed by atoms with Crippen molar-refractivity contribution in [3.05, 3.63) is 76.5 Å². The van der Waals surface area contributed by atoms with Gasteiger partial charge in [0.2, 0.25) is 5.91 Å². The van der Waals surface area contributed by atoms with Gasteiger partial charge in [-0.2, -0.15) is 18.3 Å². The van der Waals surface area contributed by atoms with Crippen LogP contribution in [0.3, 0.4) is 0 Å². The first-order chi connectivity index (χ1) is 17.6. The van der Waals surface area contributed by atoms with E-state index in [0.717, 1.165) is 34.6 Å². The van der Waals surface area contributed by atoms with Gasteiger partial charge in [0.25, 0.3) is 5.91 Å². The van der Waals surface area contributed by atoms with Crippen LogP contribution in [0.15, 0.2) is 48.5 Å². The largest absolute Gasteiger partial charge is 0.416 e. The summed E-state index contributed by atoms with van der Waals surface area (Å²) >= 11 is 0. The second-order valence-electron chi connectivity index (χ2n) is 11.0. The van der Waals surface area contributed by atoms with Crippen LogP contribution in [0, 0.1) is 19.8 Å². The molecule has 38 heavy (non-hydrogen) atoms. The molecule has 0 saturated heterocycles. The number of carbonyl (C=O) groups is 2. The molecule has 1 heterocycles. The Bertz CT molecular complexity index is 1320. The number of hydrogen-bond acceptors (Lipinski definition) is 3. The van der Waals surface area contributed by atoms with Gasteiger partial charge in [-0.1, -0.05) is 52.8 Å². The Morgan fingerprint density at radius 1 is 1.03 bits per heavy atom. The third kappa shape index (κ3) is 6.82. The van der Waals surface area contributed by atoms with Crippen molar-refractivity contribution >= 4 is 17.6 Å². The van der Waals surface area contributed by atoms with E-state index in [1.54, 1.807) is 10.7 Å². The number of rotatable bonds is 7. The van der Waals surface area contributed by atoms with Crippen molar-refractivity contribution in [3.63, 3.8) is 0 Å². The molecule has 2 amide bonds. The lowest BCUT2D eigenvalue weighted by atomic mass is 9.92. The van der Waals surface area contributed by atoms with Crippen molar-refractivity contribution in [2.24, 2.45) is 5.92 Å². The van der Waals surface area contributed by atoms with Crippen molar-refractivity contribution in [1.29, 1.82) is 0 Å². The summed E-state index contributed by atoms with van der Waals surface area (Å²) < 4.78 is 41.3. The normalized spacial score (nSPS) is 12.1. The standard InChI is InChI=1S/C29H35F3N4O2/c1-18(2)16-35(27(38)21-11-9-12-22(14-21)29(30,31)32)17-26(37)33-25-15-24(28(5,6)7)34-36(25)23-13-8-10-19(3)20(23)4/h8-15,18H,16-17H2,1-7H3,(H,33,37). The highest BCUT2D eigenvalue weighted by Crippen LogP contribution is 2.30. The lowest BCUT2D eigenvalue weighted by molar-refractivity contribution is -0.137. The number of nitrogens with zero attached hydrogens (tertiary/aromatic N) is 3. The predicted octanol–water partition coefficient (Wildman–Crippen LogP) is 6.54. The monoisotopic (exact) mass is 528 g/mol. The highest BCUT2D eigenvalue weighted by atomic mass is 19.4. The number of benzene rings is 2. The van der Waals surface area contributed by atoms with E-state index in [1.807, 2.05) is 66.7 Å². The molecule has 3 rings (SSSR count). The van der Waals surface area contributed by atoms with E-state index in [2.05, 4.69) is 5.32 Å². The van der Waals surface area contributed by atoms with Gasteiger partial charge < -0.3 is 10.2 Å². The van der Waals surface area contributed by atoms with Crippen LogP contribution in [0.1, 0.15) is 67.4 Å². The van der Waals surface area contributed by atoms with Gasteiger partial charge in [-0.3, -0.25) is 9.59 Å². The molecule has 0 aliphatic carbocycles. The number of amides is 2. The van der Waals surface area contributed by atoms with Crippen molar-refractivity contribution in [2.75, 3.05) is 18.4 Å². The second kappa shape index (κ2) is 11.0. The molecule has 0 radical (unpaired) electrons. The van der Waals surface area contributed by atoms with E-state index in [4.69, 9.17) is 5.10 Å². The number of hydrogen-bond donors (Lipinski definition) is 1. The topological polar surface area (TPSA) is 67.2 Å². The molecular weight excluding hydrogens is 493 g/mol. The molecule has 2 aromatic carbocycles. The summed E-state index contributed by atoms with van der Waals surface area (Å²) in [6, 6.07) is 11.9. The van der Waals surface area contributed by atoms with E-state index in [1.165, 1.54) is 17.0 Å². The summed E-state index contributed by atoms with van der Waals surface area (Å²) in [5.41, 5.74) is 2.34. The van der Waals surface area contributed by atoms with Crippen molar-refractivity contribution in [2.45, 2.75) is 60.1 Å². The van der Waals surface area contributed by atoms with Crippen LogP contribution in [0.25, 0.3) is 5.69 Å². The van der Waals surface area contributed by atoms with E-state index >= 15 is 0 Å². The fourth-order valence-corrected chi connectivity index (χ4v) is 4.01. The molecule has 0 unspecified atom stereocenters. The zero-order valence-corrected chi connectivity index (χ0v) is 22.9. The fraction of sp³-hybridized carbons (Fsp3) is 0.414. The van der Waals surface area contributed by atoms with Gasteiger partial charge in [0.1, 0.15) is 12.4 Å². The fourth-order valence-electron chi connectivity index (χ4n) is 4.01. The van der Waals surface area contributed by atoms with E-state index in [-0.39, 0.29) is 30.0 Å². The highest BCUT2D eigenvalue weighted by Gasteiger charge is 2.32. The SMILES string of the molecule is Cc1cccc(-n2nc(C(C)(C)C)cc2NC(=O)CN(CC(C)C)C(=O)c2cccc(C(F)(F)F)c2)c1C. The molecule has 6 nitrogen and oxygen atoms in total. The Morgan fingerprint density at radius 3 is 2.29 bits per heavy atom. The number of anilines is 1. The Balaban J connectivity index is 1.92. The lowest BCUT2D eigenvalue weighted by Crippen LogP contribution is -2.40. The first kappa shape index (κ1) is 28.9. The van der Waals surface area contributed by atoms with Crippen LogP contribution in [-0.2, 0) is 16.4 Å². The molecule has 9 heteroatoms. The third-order valence-electron chi connectivity index (χ3n) is 6.19. The van der Waals surface area contributed by atoms with Crippen LogP contribution < -0.4 is 5.32 Å². The quantitative estimate of drug-likeness (QED) is 0.379. The van der Waals surface area contributed by atoms with Gasteiger partial charge in [0.05, 0.1) is 16.9 Å². The molecule has 1 aromatic heterocycles. The molecule has 204 valence electrons. The summed E-state index contributed by atoms with van der Waals surface area (Å²) in [5.74, 6) is -0.675. The molecule has 0 aliphatic rings. The Kier molecular flexibility index (Phi) is 8.39. The summed E-state index contributed by atoms with van der Waals surface area (Å²) in [6.45, 7) is 13.7. The molecule has 0 fully saturated rings. The number of aromatic nitrogens is 2. The van der Waals surface area contributed by atoms with Gasteiger partial charge in [-0.25, -0.2) is 4.68 Å². The maximum atomic E-state index is 13.2. The molecular formula is C29H35F3N4O2. The number of halogens is 3.